The first-order valence-electron chi connectivity index (χ1n) is 6.07. The largest absolute Gasteiger partial charge is 0.496 e. The highest BCUT2D eigenvalue weighted by Crippen LogP contribution is 2.30. The predicted molar refractivity (Wildman–Crippen MR) is 74.7 cm³/mol. The first kappa shape index (κ1) is 14.9. The lowest BCUT2D eigenvalue weighted by Crippen LogP contribution is -1.99. The molecule has 0 amide bonds. The van der Waals surface area contributed by atoms with Crippen molar-refractivity contribution in [1.29, 1.82) is 0 Å². The number of ether oxygens (including phenoxy) is 1. The molecule has 0 aromatic heterocycles. The van der Waals surface area contributed by atoms with Crippen LogP contribution >= 0.6 is 11.8 Å². The van der Waals surface area contributed by atoms with Gasteiger partial charge < -0.3 is 9.84 Å². The number of carboxylic acid groups (broad SMARTS) is 1. The lowest BCUT2D eigenvalue weighted by atomic mass is 10.0. The van der Waals surface area contributed by atoms with Crippen molar-refractivity contribution in [3.05, 3.63) is 23.3 Å². The van der Waals surface area contributed by atoms with Gasteiger partial charge in [-0.2, -0.15) is 0 Å². The van der Waals surface area contributed by atoms with Crippen molar-refractivity contribution in [3.8, 4) is 5.75 Å². The summed E-state index contributed by atoms with van der Waals surface area (Å²) in [5.41, 5.74) is 2.38. The van der Waals surface area contributed by atoms with E-state index >= 15 is 0 Å². The molecule has 0 radical (unpaired) electrons. The zero-order valence-corrected chi connectivity index (χ0v) is 12.0. The van der Waals surface area contributed by atoms with Gasteiger partial charge in [0.25, 0.3) is 0 Å². The van der Waals surface area contributed by atoms with Gasteiger partial charge in [0.2, 0.25) is 0 Å². The number of thioether (sulfide) groups is 1. The number of hydrogen-bond acceptors (Lipinski definition) is 3. The first-order valence-corrected chi connectivity index (χ1v) is 7.30. The van der Waals surface area contributed by atoms with E-state index in [1.54, 1.807) is 18.9 Å². The molecular weight excluding hydrogens is 248 g/mol. The molecule has 100 valence electrons. The third-order valence-corrected chi connectivity index (χ3v) is 3.72. The number of aliphatic carboxylic acids is 1. The van der Waals surface area contributed by atoms with Crippen molar-refractivity contribution in [2.45, 2.75) is 37.5 Å². The fraction of sp³-hybridized carbons (Fsp3) is 0.500. The predicted octanol–water partition coefficient (Wildman–Crippen LogP) is 3.39. The van der Waals surface area contributed by atoms with Crippen LogP contribution in [0.5, 0.6) is 5.75 Å². The molecule has 0 fully saturated rings. The van der Waals surface area contributed by atoms with Crippen molar-refractivity contribution in [1.82, 2.24) is 0 Å². The fourth-order valence-electron chi connectivity index (χ4n) is 1.93. The second kappa shape index (κ2) is 7.31. The van der Waals surface area contributed by atoms with Crippen molar-refractivity contribution in [3.63, 3.8) is 0 Å². The Morgan fingerprint density at radius 2 is 2.11 bits per heavy atom. The van der Waals surface area contributed by atoms with Crippen LogP contribution < -0.4 is 4.74 Å². The lowest BCUT2D eigenvalue weighted by molar-refractivity contribution is -0.137. The Morgan fingerprint density at radius 1 is 1.39 bits per heavy atom. The normalized spacial score (nSPS) is 10.4. The van der Waals surface area contributed by atoms with Gasteiger partial charge >= 0.3 is 5.97 Å². The van der Waals surface area contributed by atoms with Gasteiger partial charge in [-0.05, 0) is 48.8 Å². The van der Waals surface area contributed by atoms with E-state index in [0.29, 0.717) is 6.42 Å². The molecule has 0 spiro atoms. The smallest absolute Gasteiger partial charge is 0.303 e. The summed E-state index contributed by atoms with van der Waals surface area (Å²) < 4.78 is 5.38. The van der Waals surface area contributed by atoms with Crippen molar-refractivity contribution in [2.75, 3.05) is 13.4 Å². The van der Waals surface area contributed by atoms with Gasteiger partial charge in [0.15, 0.2) is 0 Å². The van der Waals surface area contributed by atoms with E-state index in [2.05, 4.69) is 13.0 Å². The quantitative estimate of drug-likeness (QED) is 0.770. The summed E-state index contributed by atoms with van der Waals surface area (Å²) >= 11 is 1.70. The Hall–Kier alpha value is -1.16. The first-order chi connectivity index (χ1) is 8.62. The van der Waals surface area contributed by atoms with Gasteiger partial charge in [-0.1, -0.05) is 6.92 Å². The third kappa shape index (κ3) is 3.95. The van der Waals surface area contributed by atoms with Crippen LogP contribution in [0.25, 0.3) is 0 Å². The van der Waals surface area contributed by atoms with E-state index in [1.807, 2.05) is 12.3 Å². The maximum atomic E-state index is 10.5. The molecule has 0 aliphatic carbocycles. The average molecular weight is 268 g/mol. The molecule has 0 aliphatic heterocycles. The molecule has 3 nitrogen and oxygen atoms in total. The molecule has 4 heteroatoms. The number of methoxy groups -OCH3 is 1. The summed E-state index contributed by atoms with van der Waals surface area (Å²) in [6, 6.07) is 4.20. The maximum Gasteiger partial charge on any atom is 0.303 e. The molecule has 0 heterocycles. The molecule has 1 rings (SSSR count). The van der Waals surface area contributed by atoms with Gasteiger partial charge in [-0.3, -0.25) is 4.79 Å². The summed E-state index contributed by atoms with van der Waals surface area (Å²) in [6.45, 7) is 2.10. The Kier molecular flexibility index (Phi) is 6.05. The summed E-state index contributed by atoms with van der Waals surface area (Å²) in [7, 11) is 1.67. The van der Waals surface area contributed by atoms with Crippen LogP contribution in [0.3, 0.4) is 0 Å². The van der Waals surface area contributed by atoms with Crippen LogP contribution in [-0.4, -0.2) is 24.4 Å². The minimum absolute atomic E-state index is 0.214. The van der Waals surface area contributed by atoms with Crippen molar-refractivity contribution >= 4 is 17.7 Å². The maximum absolute atomic E-state index is 10.5. The highest BCUT2D eigenvalue weighted by Gasteiger charge is 2.09. The average Bonchev–Trinajstić information content (AvgIpc) is 2.37. The number of aryl methyl sites for hydroxylation is 2. The zero-order chi connectivity index (χ0) is 13.5. The number of carbonyl (C=O) groups is 1. The van der Waals surface area contributed by atoms with Gasteiger partial charge in [0, 0.05) is 11.3 Å². The Morgan fingerprint density at radius 3 is 2.61 bits per heavy atom. The SMILES string of the molecule is CCc1cc(SC)c(CCCC(=O)O)cc1OC. The Balaban J connectivity index is 2.91. The molecule has 0 saturated carbocycles. The van der Waals surface area contributed by atoms with Gasteiger partial charge in [0.05, 0.1) is 7.11 Å². The topological polar surface area (TPSA) is 46.5 Å². The Bertz CT molecular complexity index is 416. The van der Waals surface area contributed by atoms with Crippen molar-refractivity contribution in [2.24, 2.45) is 0 Å². The molecule has 0 saturated heterocycles. The van der Waals surface area contributed by atoms with E-state index in [1.165, 1.54) is 16.0 Å². The molecule has 1 aromatic rings. The fourth-order valence-corrected chi connectivity index (χ4v) is 2.61. The number of hydrogen-bond donors (Lipinski definition) is 1. The van der Waals surface area contributed by atoms with Crippen LogP contribution in [0, 0.1) is 0 Å². The van der Waals surface area contributed by atoms with Crippen LogP contribution in [0.2, 0.25) is 0 Å². The van der Waals surface area contributed by atoms with E-state index < -0.39 is 5.97 Å². The van der Waals surface area contributed by atoms with Crippen molar-refractivity contribution < 1.29 is 14.6 Å². The molecule has 1 N–H and O–H groups in total. The van der Waals surface area contributed by atoms with Gasteiger partial charge in [-0.25, -0.2) is 0 Å². The minimum Gasteiger partial charge on any atom is -0.496 e. The van der Waals surface area contributed by atoms with E-state index in [9.17, 15) is 4.79 Å². The lowest BCUT2D eigenvalue weighted by Gasteiger charge is -2.13. The molecule has 0 unspecified atom stereocenters. The summed E-state index contributed by atoms with van der Waals surface area (Å²) in [6.07, 6.45) is 4.64. The Labute approximate surface area is 113 Å². The zero-order valence-electron chi connectivity index (χ0n) is 11.2. The van der Waals surface area contributed by atoms with Crippen LogP contribution in [0.1, 0.15) is 30.9 Å². The number of rotatable bonds is 7. The third-order valence-electron chi connectivity index (χ3n) is 2.90. The minimum atomic E-state index is -0.738. The van der Waals surface area contributed by atoms with Crippen LogP contribution in [-0.2, 0) is 17.6 Å². The molecule has 18 heavy (non-hydrogen) atoms. The van der Waals surface area contributed by atoms with Gasteiger partial charge in [0.1, 0.15) is 5.75 Å². The van der Waals surface area contributed by atoms with Crippen LogP contribution in [0.4, 0.5) is 0 Å². The van der Waals surface area contributed by atoms with Gasteiger partial charge in [-0.15, -0.1) is 11.8 Å². The molecule has 1 aromatic carbocycles. The molecular formula is C14H20O3S. The van der Waals surface area contributed by atoms with E-state index in [-0.39, 0.29) is 6.42 Å². The second-order valence-electron chi connectivity index (χ2n) is 4.08. The summed E-state index contributed by atoms with van der Waals surface area (Å²) in [5.74, 6) is 0.165. The monoisotopic (exact) mass is 268 g/mol. The molecule has 0 bridgehead atoms. The molecule has 0 atom stereocenters. The molecule has 0 aliphatic rings. The standard InChI is InChI=1S/C14H20O3S/c1-4-10-9-13(18-3)11(8-12(10)17-2)6-5-7-14(15)16/h8-9H,4-7H2,1-3H3,(H,15,16). The second-order valence-corrected chi connectivity index (χ2v) is 4.92. The van der Waals surface area contributed by atoms with E-state index in [4.69, 9.17) is 9.84 Å². The number of carboxylic acids is 1. The summed E-state index contributed by atoms with van der Waals surface area (Å²) in [5, 5.41) is 8.67. The van der Waals surface area contributed by atoms with Crippen LogP contribution in [0.15, 0.2) is 17.0 Å². The highest BCUT2D eigenvalue weighted by molar-refractivity contribution is 7.98. The highest BCUT2D eigenvalue weighted by atomic mass is 32.2. The number of benzene rings is 1. The summed E-state index contributed by atoms with van der Waals surface area (Å²) in [4.78, 5) is 11.8. The van der Waals surface area contributed by atoms with E-state index in [0.717, 1.165) is 18.6 Å².